The highest BCUT2D eigenvalue weighted by atomic mass is 19.1. The minimum atomic E-state index is -0.100. The molecule has 1 fully saturated rings. The van der Waals surface area contributed by atoms with Gasteiger partial charge < -0.3 is 10.2 Å². The Balaban J connectivity index is 2.19. The maximum Gasteiger partial charge on any atom is 0.146 e. The predicted octanol–water partition coefficient (Wildman–Crippen LogP) is 1.93. The van der Waals surface area contributed by atoms with Crippen molar-refractivity contribution in [3.63, 3.8) is 0 Å². The molecular weight excluding hydrogens is 191 g/mol. The Morgan fingerprint density at radius 1 is 1.27 bits per heavy atom. The Kier molecular flexibility index (Phi) is 3.21. The lowest BCUT2D eigenvalue weighted by molar-refractivity contribution is 0.617. The number of anilines is 1. The first kappa shape index (κ1) is 10.4. The number of nitrogens with one attached hydrogen (secondary N) is 1. The highest BCUT2D eigenvalue weighted by molar-refractivity contribution is 5.49. The van der Waals surface area contributed by atoms with Crippen molar-refractivity contribution in [2.75, 3.05) is 31.1 Å². The molecule has 0 spiro atoms. The molecule has 0 unspecified atom stereocenters. The standard InChI is InChI=1S/C12H17FN2/c1-10-3-4-12(11(13)9-10)15-7-2-5-14-6-8-15/h3-4,9,14H,2,5-8H2,1H3. The van der Waals surface area contributed by atoms with Gasteiger partial charge in [0.2, 0.25) is 0 Å². The summed E-state index contributed by atoms with van der Waals surface area (Å²) in [5, 5.41) is 3.31. The molecule has 15 heavy (non-hydrogen) atoms. The van der Waals surface area contributed by atoms with Crippen LogP contribution in [-0.4, -0.2) is 26.2 Å². The van der Waals surface area contributed by atoms with Gasteiger partial charge in [0.25, 0.3) is 0 Å². The third-order valence-corrected chi connectivity index (χ3v) is 2.78. The van der Waals surface area contributed by atoms with Crippen LogP contribution in [0.2, 0.25) is 0 Å². The van der Waals surface area contributed by atoms with Gasteiger partial charge in [-0.05, 0) is 37.6 Å². The fourth-order valence-electron chi connectivity index (χ4n) is 1.96. The highest BCUT2D eigenvalue weighted by Crippen LogP contribution is 2.20. The molecular formula is C12H17FN2. The molecule has 0 aromatic heterocycles. The van der Waals surface area contributed by atoms with Crippen molar-refractivity contribution >= 4 is 5.69 Å². The molecule has 0 atom stereocenters. The summed E-state index contributed by atoms with van der Waals surface area (Å²) in [7, 11) is 0. The number of hydrogen-bond donors (Lipinski definition) is 1. The maximum absolute atomic E-state index is 13.7. The number of rotatable bonds is 1. The van der Waals surface area contributed by atoms with Crippen molar-refractivity contribution in [2.24, 2.45) is 0 Å². The Morgan fingerprint density at radius 3 is 2.93 bits per heavy atom. The number of benzene rings is 1. The van der Waals surface area contributed by atoms with Crippen LogP contribution >= 0.6 is 0 Å². The molecule has 0 saturated carbocycles. The van der Waals surface area contributed by atoms with E-state index >= 15 is 0 Å². The molecule has 3 heteroatoms. The van der Waals surface area contributed by atoms with Crippen molar-refractivity contribution in [1.82, 2.24) is 5.32 Å². The summed E-state index contributed by atoms with van der Waals surface area (Å²) in [5.74, 6) is -0.100. The average molecular weight is 208 g/mol. The second kappa shape index (κ2) is 4.62. The number of nitrogens with zero attached hydrogens (tertiary/aromatic N) is 1. The lowest BCUT2D eigenvalue weighted by atomic mass is 10.2. The van der Waals surface area contributed by atoms with E-state index in [9.17, 15) is 4.39 Å². The van der Waals surface area contributed by atoms with Crippen LogP contribution in [0.25, 0.3) is 0 Å². The first-order valence-corrected chi connectivity index (χ1v) is 5.49. The zero-order chi connectivity index (χ0) is 10.7. The predicted molar refractivity (Wildman–Crippen MR) is 60.8 cm³/mol. The molecule has 1 heterocycles. The van der Waals surface area contributed by atoms with Gasteiger partial charge in [0.15, 0.2) is 0 Å². The molecule has 1 N–H and O–H groups in total. The van der Waals surface area contributed by atoms with Crippen LogP contribution in [0.5, 0.6) is 0 Å². The van der Waals surface area contributed by atoms with Crippen molar-refractivity contribution in [1.29, 1.82) is 0 Å². The first-order chi connectivity index (χ1) is 7.27. The van der Waals surface area contributed by atoms with Crippen LogP contribution in [0.15, 0.2) is 18.2 Å². The molecule has 1 aliphatic heterocycles. The van der Waals surface area contributed by atoms with E-state index in [1.165, 1.54) is 0 Å². The molecule has 1 aliphatic rings. The summed E-state index contributed by atoms with van der Waals surface area (Å²) < 4.78 is 13.7. The molecule has 2 nitrogen and oxygen atoms in total. The number of hydrogen-bond acceptors (Lipinski definition) is 2. The van der Waals surface area contributed by atoms with Gasteiger partial charge in [-0.2, -0.15) is 0 Å². The van der Waals surface area contributed by atoms with E-state index in [2.05, 4.69) is 10.2 Å². The van der Waals surface area contributed by atoms with Gasteiger partial charge in [0.05, 0.1) is 5.69 Å². The Bertz CT molecular complexity index is 330. The van der Waals surface area contributed by atoms with Crippen molar-refractivity contribution < 1.29 is 4.39 Å². The van der Waals surface area contributed by atoms with Crippen molar-refractivity contribution in [3.8, 4) is 0 Å². The van der Waals surface area contributed by atoms with Crippen LogP contribution in [0, 0.1) is 12.7 Å². The minimum absolute atomic E-state index is 0.100. The summed E-state index contributed by atoms with van der Waals surface area (Å²) in [5.41, 5.74) is 1.72. The van der Waals surface area contributed by atoms with E-state index in [-0.39, 0.29) is 5.82 Å². The highest BCUT2D eigenvalue weighted by Gasteiger charge is 2.12. The largest absolute Gasteiger partial charge is 0.368 e. The van der Waals surface area contributed by atoms with E-state index in [1.807, 2.05) is 19.1 Å². The van der Waals surface area contributed by atoms with Crippen LogP contribution in [0.3, 0.4) is 0 Å². The molecule has 1 aromatic rings. The summed E-state index contributed by atoms with van der Waals surface area (Å²) in [6.07, 6.45) is 1.08. The molecule has 0 radical (unpaired) electrons. The van der Waals surface area contributed by atoms with Gasteiger partial charge in [0, 0.05) is 19.6 Å². The molecule has 0 bridgehead atoms. The summed E-state index contributed by atoms with van der Waals surface area (Å²) in [6.45, 7) is 5.71. The third-order valence-electron chi connectivity index (χ3n) is 2.78. The van der Waals surface area contributed by atoms with E-state index in [0.29, 0.717) is 0 Å². The molecule has 82 valence electrons. The number of aryl methyl sites for hydroxylation is 1. The SMILES string of the molecule is Cc1ccc(N2CCCNCC2)c(F)c1. The number of halogens is 1. The van der Waals surface area contributed by atoms with Crippen LogP contribution in [-0.2, 0) is 0 Å². The zero-order valence-electron chi connectivity index (χ0n) is 9.09. The maximum atomic E-state index is 13.7. The van der Waals surface area contributed by atoms with Gasteiger partial charge in [-0.1, -0.05) is 6.07 Å². The second-order valence-electron chi connectivity index (χ2n) is 4.05. The Morgan fingerprint density at radius 2 is 2.13 bits per heavy atom. The topological polar surface area (TPSA) is 15.3 Å². The molecule has 1 aromatic carbocycles. The van der Waals surface area contributed by atoms with Crippen LogP contribution < -0.4 is 10.2 Å². The Hall–Kier alpha value is -1.09. The molecule has 1 saturated heterocycles. The minimum Gasteiger partial charge on any atom is -0.368 e. The fourth-order valence-corrected chi connectivity index (χ4v) is 1.96. The zero-order valence-corrected chi connectivity index (χ0v) is 9.09. The van der Waals surface area contributed by atoms with Gasteiger partial charge >= 0.3 is 0 Å². The van der Waals surface area contributed by atoms with Crippen LogP contribution in [0.4, 0.5) is 10.1 Å². The normalized spacial score (nSPS) is 17.6. The van der Waals surface area contributed by atoms with Gasteiger partial charge in [-0.15, -0.1) is 0 Å². The first-order valence-electron chi connectivity index (χ1n) is 5.49. The van der Waals surface area contributed by atoms with Gasteiger partial charge in [-0.25, -0.2) is 4.39 Å². The Labute approximate surface area is 90.1 Å². The van der Waals surface area contributed by atoms with E-state index in [0.717, 1.165) is 43.9 Å². The summed E-state index contributed by atoms with van der Waals surface area (Å²) in [6, 6.07) is 5.46. The van der Waals surface area contributed by atoms with E-state index in [1.54, 1.807) is 6.07 Å². The lowest BCUT2D eigenvalue weighted by Gasteiger charge is -2.22. The van der Waals surface area contributed by atoms with Crippen molar-refractivity contribution in [2.45, 2.75) is 13.3 Å². The van der Waals surface area contributed by atoms with Gasteiger partial charge in [-0.3, -0.25) is 0 Å². The van der Waals surface area contributed by atoms with E-state index < -0.39 is 0 Å². The van der Waals surface area contributed by atoms with Gasteiger partial charge in [0.1, 0.15) is 5.82 Å². The fraction of sp³-hybridized carbons (Fsp3) is 0.500. The quantitative estimate of drug-likeness (QED) is 0.758. The average Bonchev–Trinajstić information content (AvgIpc) is 2.46. The lowest BCUT2D eigenvalue weighted by Crippen LogP contribution is -2.28. The molecule has 2 rings (SSSR count). The molecule has 0 amide bonds. The third kappa shape index (κ3) is 2.48. The van der Waals surface area contributed by atoms with Crippen molar-refractivity contribution in [3.05, 3.63) is 29.6 Å². The smallest absolute Gasteiger partial charge is 0.146 e. The monoisotopic (exact) mass is 208 g/mol. The molecule has 0 aliphatic carbocycles. The van der Waals surface area contributed by atoms with E-state index in [4.69, 9.17) is 0 Å². The van der Waals surface area contributed by atoms with Crippen LogP contribution in [0.1, 0.15) is 12.0 Å². The second-order valence-corrected chi connectivity index (χ2v) is 4.05. The summed E-state index contributed by atoms with van der Waals surface area (Å²) >= 11 is 0. The summed E-state index contributed by atoms with van der Waals surface area (Å²) in [4.78, 5) is 2.12.